The number of imidazole rings is 1. The highest BCUT2D eigenvalue weighted by Gasteiger charge is 2.16. The molecule has 1 saturated heterocycles. The number of aryl methyl sites for hydroxylation is 1. The Hall–Kier alpha value is -0.910. The van der Waals surface area contributed by atoms with Crippen LogP contribution in [0.25, 0.3) is 0 Å². The van der Waals surface area contributed by atoms with Crippen molar-refractivity contribution in [2.75, 3.05) is 39.8 Å². The van der Waals surface area contributed by atoms with Crippen LogP contribution in [0.1, 0.15) is 6.42 Å². The van der Waals surface area contributed by atoms with Gasteiger partial charge in [-0.15, -0.1) is 0 Å². The molecular weight excluding hydrogens is 216 g/mol. The third-order valence-electron chi connectivity index (χ3n) is 3.04. The highest BCUT2D eigenvalue weighted by atomic mass is 16.5. The molecule has 1 N–H and O–H groups in total. The first-order valence-corrected chi connectivity index (χ1v) is 6.31. The van der Waals surface area contributed by atoms with E-state index in [9.17, 15) is 0 Å². The normalized spacial score (nSPS) is 21.8. The number of aromatic nitrogens is 2. The molecule has 1 unspecified atom stereocenters. The number of rotatable bonds is 6. The molecule has 0 saturated carbocycles. The third-order valence-corrected chi connectivity index (χ3v) is 3.04. The van der Waals surface area contributed by atoms with E-state index in [2.05, 4.69) is 26.8 Å². The van der Waals surface area contributed by atoms with Crippen LogP contribution in [0.4, 0.5) is 0 Å². The molecule has 1 aromatic rings. The fourth-order valence-electron chi connectivity index (χ4n) is 2.06. The van der Waals surface area contributed by atoms with Gasteiger partial charge in [-0.3, -0.25) is 0 Å². The van der Waals surface area contributed by atoms with Gasteiger partial charge in [-0.25, -0.2) is 4.98 Å². The molecule has 2 heterocycles. The van der Waals surface area contributed by atoms with Gasteiger partial charge < -0.3 is 19.5 Å². The maximum absolute atomic E-state index is 5.68. The van der Waals surface area contributed by atoms with Crippen molar-refractivity contribution >= 4 is 0 Å². The van der Waals surface area contributed by atoms with E-state index >= 15 is 0 Å². The maximum Gasteiger partial charge on any atom is 0.0945 e. The van der Waals surface area contributed by atoms with Crippen molar-refractivity contribution in [2.45, 2.75) is 19.1 Å². The van der Waals surface area contributed by atoms with E-state index in [1.54, 1.807) is 0 Å². The lowest BCUT2D eigenvalue weighted by Gasteiger charge is -2.30. The zero-order valence-electron chi connectivity index (χ0n) is 10.5. The third kappa shape index (κ3) is 4.46. The molecular formula is C12H22N4O. The molecule has 1 fully saturated rings. The standard InChI is InChI=1S/C12H22N4O/c1-15-7-8-17-12(10-15)9-13-3-2-5-16-6-4-14-11-16/h4,6,11-13H,2-3,5,7-10H2,1H3. The van der Waals surface area contributed by atoms with Crippen molar-refractivity contribution in [3.63, 3.8) is 0 Å². The van der Waals surface area contributed by atoms with E-state index < -0.39 is 0 Å². The first kappa shape index (κ1) is 12.5. The van der Waals surface area contributed by atoms with Crippen molar-refractivity contribution in [2.24, 2.45) is 0 Å². The van der Waals surface area contributed by atoms with Crippen LogP contribution < -0.4 is 5.32 Å². The summed E-state index contributed by atoms with van der Waals surface area (Å²) in [5.74, 6) is 0. The van der Waals surface area contributed by atoms with Crippen LogP contribution in [0.5, 0.6) is 0 Å². The van der Waals surface area contributed by atoms with E-state index in [0.717, 1.165) is 45.8 Å². The lowest BCUT2D eigenvalue weighted by atomic mass is 10.3. The summed E-state index contributed by atoms with van der Waals surface area (Å²) in [6.07, 6.45) is 7.15. The average Bonchev–Trinajstić information content (AvgIpc) is 2.82. The number of nitrogens with one attached hydrogen (secondary N) is 1. The molecule has 1 aliphatic rings. The Morgan fingerprint density at radius 1 is 1.53 bits per heavy atom. The molecule has 1 aromatic heterocycles. The number of hydrogen-bond donors (Lipinski definition) is 1. The number of morpholine rings is 1. The summed E-state index contributed by atoms with van der Waals surface area (Å²) in [5.41, 5.74) is 0. The zero-order valence-corrected chi connectivity index (χ0v) is 10.5. The van der Waals surface area contributed by atoms with Gasteiger partial charge >= 0.3 is 0 Å². The fraction of sp³-hybridized carbons (Fsp3) is 0.750. The quantitative estimate of drug-likeness (QED) is 0.719. The zero-order chi connectivity index (χ0) is 11.9. The lowest BCUT2D eigenvalue weighted by molar-refractivity contribution is -0.0180. The summed E-state index contributed by atoms with van der Waals surface area (Å²) in [7, 11) is 2.15. The Balaban J connectivity index is 1.51. The minimum absolute atomic E-state index is 0.349. The topological polar surface area (TPSA) is 42.3 Å². The monoisotopic (exact) mass is 238 g/mol. The van der Waals surface area contributed by atoms with Crippen molar-refractivity contribution < 1.29 is 4.74 Å². The van der Waals surface area contributed by atoms with Crippen molar-refractivity contribution in [3.8, 4) is 0 Å². The Labute approximate surface area is 103 Å². The number of ether oxygens (including phenoxy) is 1. The SMILES string of the molecule is CN1CCOC(CNCCCn2ccnc2)C1. The molecule has 96 valence electrons. The molecule has 0 spiro atoms. The van der Waals surface area contributed by atoms with Crippen molar-refractivity contribution in [1.82, 2.24) is 19.8 Å². The highest BCUT2D eigenvalue weighted by Crippen LogP contribution is 2.01. The van der Waals surface area contributed by atoms with Gasteiger partial charge in [0.1, 0.15) is 0 Å². The van der Waals surface area contributed by atoms with E-state index in [0.29, 0.717) is 6.10 Å². The van der Waals surface area contributed by atoms with Gasteiger partial charge in [0.05, 0.1) is 19.0 Å². The van der Waals surface area contributed by atoms with Gasteiger partial charge in [0.25, 0.3) is 0 Å². The molecule has 1 atom stereocenters. The highest BCUT2D eigenvalue weighted by molar-refractivity contribution is 4.74. The van der Waals surface area contributed by atoms with Gasteiger partial charge in [0.2, 0.25) is 0 Å². The molecule has 5 heteroatoms. The summed E-state index contributed by atoms with van der Waals surface area (Å²) in [5, 5.41) is 3.45. The first-order chi connectivity index (χ1) is 8.34. The Morgan fingerprint density at radius 2 is 2.47 bits per heavy atom. The van der Waals surface area contributed by atoms with Gasteiger partial charge in [0.15, 0.2) is 0 Å². The van der Waals surface area contributed by atoms with E-state index in [1.807, 2.05) is 18.7 Å². The molecule has 5 nitrogen and oxygen atoms in total. The van der Waals surface area contributed by atoms with Gasteiger partial charge in [0, 0.05) is 38.6 Å². The lowest BCUT2D eigenvalue weighted by Crippen LogP contribution is -2.45. The van der Waals surface area contributed by atoms with Gasteiger partial charge in [-0.05, 0) is 20.0 Å². The van der Waals surface area contributed by atoms with Crippen LogP contribution in [0, 0.1) is 0 Å². The molecule has 0 radical (unpaired) electrons. The summed E-state index contributed by atoms with van der Waals surface area (Å²) in [6.45, 7) is 5.96. The van der Waals surface area contributed by atoms with E-state index in [1.165, 1.54) is 0 Å². The molecule has 0 aromatic carbocycles. The minimum atomic E-state index is 0.349. The largest absolute Gasteiger partial charge is 0.374 e. The molecule has 0 amide bonds. The Kier molecular flexibility index (Phi) is 4.97. The number of hydrogen-bond acceptors (Lipinski definition) is 4. The predicted molar refractivity (Wildman–Crippen MR) is 67.0 cm³/mol. The summed E-state index contributed by atoms with van der Waals surface area (Å²) in [4.78, 5) is 6.34. The van der Waals surface area contributed by atoms with Gasteiger partial charge in [-0.1, -0.05) is 0 Å². The van der Waals surface area contributed by atoms with Crippen LogP contribution in [0.2, 0.25) is 0 Å². The predicted octanol–water partition coefficient (Wildman–Crippen LogP) is 0.193. The first-order valence-electron chi connectivity index (χ1n) is 6.31. The number of nitrogens with zero attached hydrogens (tertiary/aromatic N) is 3. The van der Waals surface area contributed by atoms with Crippen LogP contribution in [0.3, 0.4) is 0 Å². The molecule has 0 aliphatic carbocycles. The minimum Gasteiger partial charge on any atom is -0.374 e. The molecule has 2 rings (SSSR count). The second-order valence-electron chi connectivity index (χ2n) is 4.61. The molecule has 0 bridgehead atoms. The molecule has 17 heavy (non-hydrogen) atoms. The van der Waals surface area contributed by atoms with Gasteiger partial charge in [-0.2, -0.15) is 0 Å². The second-order valence-corrected chi connectivity index (χ2v) is 4.61. The Morgan fingerprint density at radius 3 is 3.24 bits per heavy atom. The van der Waals surface area contributed by atoms with Crippen molar-refractivity contribution in [3.05, 3.63) is 18.7 Å². The maximum atomic E-state index is 5.68. The summed E-state index contributed by atoms with van der Waals surface area (Å²) >= 11 is 0. The van der Waals surface area contributed by atoms with Crippen LogP contribution in [-0.4, -0.2) is 60.4 Å². The fourth-order valence-corrected chi connectivity index (χ4v) is 2.06. The van der Waals surface area contributed by atoms with Crippen LogP contribution in [0.15, 0.2) is 18.7 Å². The van der Waals surface area contributed by atoms with Crippen LogP contribution >= 0.6 is 0 Å². The molecule has 1 aliphatic heterocycles. The Bertz CT molecular complexity index is 301. The average molecular weight is 238 g/mol. The summed E-state index contributed by atoms with van der Waals surface area (Å²) < 4.78 is 7.79. The van der Waals surface area contributed by atoms with E-state index in [-0.39, 0.29) is 0 Å². The summed E-state index contributed by atoms with van der Waals surface area (Å²) in [6, 6.07) is 0. The smallest absolute Gasteiger partial charge is 0.0945 e. The van der Waals surface area contributed by atoms with Crippen molar-refractivity contribution in [1.29, 1.82) is 0 Å². The van der Waals surface area contributed by atoms with E-state index in [4.69, 9.17) is 4.74 Å². The number of likely N-dealkylation sites (N-methyl/N-ethyl adjacent to an activating group) is 1. The second kappa shape index (κ2) is 6.74. The van der Waals surface area contributed by atoms with Crippen LogP contribution in [-0.2, 0) is 11.3 Å².